The Bertz CT molecular complexity index is 813. The molecule has 0 aliphatic rings. The van der Waals surface area contributed by atoms with E-state index in [0.29, 0.717) is 40.6 Å². The molecule has 28 heavy (non-hydrogen) atoms. The van der Waals surface area contributed by atoms with Gasteiger partial charge in [0.1, 0.15) is 22.8 Å². The van der Waals surface area contributed by atoms with Gasteiger partial charge in [0.05, 0.1) is 27.0 Å². The summed E-state index contributed by atoms with van der Waals surface area (Å²) < 4.78 is 15.9. The summed E-state index contributed by atoms with van der Waals surface area (Å²) in [5.74, 6) is 0.814. The van der Waals surface area contributed by atoms with Gasteiger partial charge >= 0.3 is 0 Å². The minimum Gasteiger partial charge on any atom is -0.496 e. The van der Waals surface area contributed by atoms with Crippen molar-refractivity contribution in [1.82, 2.24) is 0 Å². The standard InChI is InChI=1S/C21H26N2O5/c1-5-6-10-19(24)23-15-12-11-14(13-18(15)28-4)22-21(25)20-16(26-2)8-7-9-17(20)27-3/h7-9,11-13H,5-6,10H2,1-4H3,(H,22,25)(H,23,24). The van der Waals surface area contributed by atoms with E-state index in [0.717, 1.165) is 12.8 Å². The van der Waals surface area contributed by atoms with Crippen LogP contribution in [0.15, 0.2) is 36.4 Å². The van der Waals surface area contributed by atoms with E-state index in [1.807, 2.05) is 6.92 Å². The van der Waals surface area contributed by atoms with Gasteiger partial charge < -0.3 is 24.8 Å². The fourth-order valence-electron chi connectivity index (χ4n) is 2.69. The van der Waals surface area contributed by atoms with Crippen molar-refractivity contribution in [3.8, 4) is 17.2 Å². The molecular formula is C21H26N2O5. The van der Waals surface area contributed by atoms with Gasteiger partial charge in [-0.15, -0.1) is 0 Å². The molecule has 150 valence electrons. The highest BCUT2D eigenvalue weighted by Crippen LogP contribution is 2.31. The number of nitrogens with one attached hydrogen (secondary N) is 2. The van der Waals surface area contributed by atoms with Crippen molar-refractivity contribution in [2.45, 2.75) is 26.2 Å². The van der Waals surface area contributed by atoms with Crippen molar-refractivity contribution >= 4 is 23.2 Å². The number of benzene rings is 2. The van der Waals surface area contributed by atoms with Crippen molar-refractivity contribution in [1.29, 1.82) is 0 Å². The largest absolute Gasteiger partial charge is 0.496 e. The monoisotopic (exact) mass is 386 g/mol. The maximum Gasteiger partial charge on any atom is 0.263 e. The second kappa shape index (κ2) is 10.2. The van der Waals surface area contributed by atoms with Gasteiger partial charge in [-0.2, -0.15) is 0 Å². The Balaban J connectivity index is 2.21. The Labute approximate surface area is 165 Å². The molecule has 0 unspecified atom stereocenters. The maximum absolute atomic E-state index is 12.8. The molecule has 2 N–H and O–H groups in total. The molecule has 2 aromatic rings. The molecule has 0 aliphatic carbocycles. The lowest BCUT2D eigenvalue weighted by molar-refractivity contribution is -0.116. The van der Waals surface area contributed by atoms with Crippen LogP contribution in [0.3, 0.4) is 0 Å². The number of amides is 2. The summed E-state index contributed by atoms with van der Waals surface area (Å²) in [5.41, 5.74) is 1.36. The zero-order valence-corrected chi connectivity index (χ0v) is 16.6. The fourth-order valence-corrected chi connectivity index (χ4v) is 2.69. The summed E-state index contributed by atoms with van der Waals surface area (Å²) in [5, 5.41) is 5.63. The number of unbranched alkanes of at least 4 members (excludes halogenated alkanes) is 1. The lowest BCUT2D eigenvalue weighted by Crippen LogP contribution is -2.15. The molecule has 2 amide bonds. The normalized spacial score (nSPS) is 10.1. The van der Waals surface area contributed by atoms with Gasteiger partial charge in [-0.3, -0.25) is 9.59 Å². The third kappa shape index (κ3) is 5.16. The van der Waals surface area contributed by atoms with Crippen LogP contribution in [-0.4, -0.2) is 33.1 Å². The molecule has 2 rings (SSSR count). The Morgan fingerprint density at radius 1 is 0.893 bits per heavy atom. The van der Waals surface area contributed by atoms with Gasteiger partial charge in [0.15, 0.2) is 0 Å². The number of anilines is 2. The molecule has 7 nitrogen and oxygen atoms in total. The van der Waals surface area contributed by atoms with Gasteiger partial charge in [-0.1, -0.05) is 19.4 Å². The Morgan fingerprint density at radius 3 is 2.11 bits per heavy atom. The van der Waals surface area contributed by atoms with E-state index in [9.17, 15) is 9.59 Å². The molecule has 0 bridgehead atoms. The van der Waals surface area contributed by atoms with Crippen LogP contribution in [-0.2, 0) is 4.79 Å². The number of carbonyl (C=O) groups excluding carboxylic acids is 2. The van der Waals surface area contributed by atoms with E-state index in [-0.39, 0.29) is 11.8 Å². The minimum atomic E-state index is -0.379. The van der Waals surface area contributed by atoms with E-state index in [1.54, 1.807) is 36.4 Å². The van der Waals surface area contributed by atoms with Crippen LogP contribution in [0, 0.1) is 0 Å². The third-order valence-corrected chi connectivity index (χ3v) is 4.15. The van der Waals surface area contributed by atoms with E-state index >= 15 is 0 Å². The topological polar surface area (TPSA) is 85.9 Å². The number of rotatable bonds is 9. The summed E-state index contributed by atoms with van der Waals surface area (Å²) in [7, 11) is 4.49. The molecule has 0 fully saturated rings. The van der Waals surface area contributed by atoms with Gasteiger partial charge in [-0.25, -0.2) is 0 Å². The van der Waals surface area contributed by atoms with Gasteiger partial charge in [-0.05, 0) is 30.7 Å². The highest BCUT2D eigenvalue weighted by Gasteiger charge is 2.19. The second-order valence-corrected chi connectivity index (χ2v) is 6.06. The molecule has 0 saturated heterocycles. The lowest BCUT2D eigenvalue weighted by Gasteiger charge is -2.15. The molecule has 0 aliphatic heterocycles. The summed E-state index contributed by atoms with van der Waals surface area (Å²) in [6.07, 6.45) is 2.22. The van der Waals surface area contributed by atoms with E-state index < -0.39 is 0 Å². The minimum absolute atomic E-state index is 0.0734. The molecule has 0 heterocycles. The van der Waals surface area contributed by atoms with Crippen molar-refractivity contribution in [3.63, 3.8) is 0 Å². The quantitative estimate of drug-likeness (QED) is 0.678. The predicted octanol–water partition coefficient (Wildman–Crippen LogP) is 4.09. The van der Waals surface area contributed by atoms with Crippen molar-refractivity contribution in [3.05, 3.63) is 42.0 Å². The van der Waals surface area contributed by atoms with Crippen LogP contribution in [0.25, 0.3) is 0 Å². The predicted molar refractivity (Wildman–Crippen MR) is 109 cm³/mol. The van der Waals surface area contributed by atoms with E-state index in [2.05, 4.69) is 10.6 Å². The molecule has 0 spiro atoms. The zero-order chi connectivity index (χ0) is 20.5. The summed E-state index contributed by atoms with van der Waals surface area (Å²) in [6, 6.07) is 10.2. The summed E-state index contributed by atoms with van der Waals surface area (Å²) in [4.78, 5) is 24.7. The van der Waals surface area contributed by atoms with Crippen LogP contribution in [0.1, 0.15) is 36.5 Å². The SMILES string of the molecule is CCCCC(=O)Nc1ccc(NC(=O)c2c(OC)cccc2OC)cc1OC. The Morgan fingerprint density at radius 2 is 1.54 bits per heavy atom. The highest BCUT2D eigenvalue weighted by atomic mass is 16.5. The molecule has 2 aromatic carbocycles. The molecular weight excluding hydrogens is 360 g/mol. The Hall–Kier alpha value is -3.22. The highest BCUT2D eigenvalue weighted by molar-refractivity contribution is 6.08. The van der Waals surface area contributed by atoms with Gasteiger partial charge in [0, 0.05) is 18.2 Å². The first-order chi connectivity index (χ1) is 13.5. The first-order valence-electron chi connectivity index (χ1n) is 9.04. The summed E-state index contributed by atoms with van der Waals surface area (Å²) >= 11 is 0. The average molecular weight is 386 g/mol. The first kappa shape index (κ1) is 21.1. The van der Waals surface area contributed by atoms with Crippen molar-refractivity contribution in [2.75, 3.05) is 32.0 Å². The van der Waals surface area contributed by atoms with Crippen LogP contribution >= 0.6 is 0 Å². The maximum atomic E-state index is 12.8. The molecule has 0 aromatic heterocycles. The number of carbonyl (C=O) groups is 2. The van der Waals surface area contributed by atoms with Gasteiger partial charge in [0.25, 0.3) is 5.91 Å². The summed E-state index contributed by atoms with van der Waals surface area (Å²) in [6.45, 7) is 2.03. The van der Waals surface area contributed by atoms with Crippen LogP contribution < -0.4 is 24.8 Å². The average Bonchev–Trinajstić information content (AvgIpc) is 2.72. The third-order valence-electron chi connectivity index (χ3n) is 4.15. The smallest absolute Gasteiger partial charge is 0.263 e. The van der Waals surface area contributed by atoms with Crippen LogP contribution in [0.5, 0.6) is 17.2 Å². The zero-order valence-electron chi connectivity index (χ0n) is 16.6. The fraction of sp³-hybridized carbons (Fsp3) is 0.333. The number of methoxy groups -OCH3 is 3. The van der Waals surface area contributed by atoms with E-state index in [1.165, 1.54) is 21.3 Å². The number of ether oxygens (including phenoxy) is 3. The van der Waals surface area contributed by atoms with Crippen molar-refractivity contribution in [2.24, 2.45) is 0 Å². The Kier molecular flexibility index (Phi) is 7.68. The number of hydrogen-bond acceptors (Lipinski definition) is 5. The van der Waals surface area contributed by atoms with Gasteiger partial charge in [0.2, 0.25) is 5.91 Å². The second-order valence-electron chi connectivity index (χ2n) is 6.06. The molecule has 0 atom stereocenters. The lowest BCUT2D eigenvalue weighted by atomic mass is 10.1. The molecule has 0 radical (unpaired) electrons. The van der Waals surface area contributed by atoms with Crippen LogP contribution in [0.4, 0.5) is 11.4 Å². The first-order valence-corrected chi connectivity index (χ1v) is 9.04. The van der Waals surface area contributed by atoms with E-state index in [4.69, 9.17) is 14.2 Å². The molecule has 0 saturated carbocycles. The molecule has 7 heteroatoms. The van der Waals surface area contributed by atoms with Crippen molar-refractivity contribution < 1.29 is 23.8 Å². The van der Waals surface area contributed by atoms with Crippen LogP contribution in [0.2, 0.25) is 0 Å². The number of hydrogen-bond donors (Lipinski definition) is 2.